The number of carbonyl (C=O) groups excluding carboxylic acids is 1. The van der Waals surface area contributed by atoms with Crippen molar-refractivity contribution in [2.45, 2.75) is 19.4 Å². The fourth-order valence-electron chi connectivity index (χ4n) is 1.29. The molecule has 64 valence electrons. The Morgan fingerprint density at radius 3 is 2.73 bits per heavy atom. The Hall–Kier alpha value is -0.770. The van der Waals surface area contributed by atoms with Gasteiger partial charge in [-0.2, -0.15) is 0 Å². The molecule has 1 saturated heterocycles. The van der Waals surface area contributed by atoms with Crippen LogP contribution in [0.25, 0.3) is 0 Å². The summed E-state index contributed by atoms with van der Waals surface area (Å²) in [7, 11) is 0. The molecule has 2 amide bonds. The molecule has 0 aromatic rings. The van der Waals surface area contributed by atoms with Crippen molar-refractivity contribution < 1.29 is 4.79 Å². The molecule has 11 heavy (non-hydrogen) atoms. The first kappa shape index (κ1) is 8.33. The second-order valence-electron chi connectivity index (χ2n) is 3.52. The van der Waals surface area contributed by atoms with Crippen molar-refractivity contribution in [1.82, 2.24) is 10.2 Å². The molecule has 3 N–H and O–H groups in total. The molecule has 1 fully saturated rings. The van der Waals surface area contributed by atoms with Gasteiger partial charge in [0.05, 0.1) is 5.54 Å². The number of carbonyl (C=O) groups is 1. The van der Waals surface area contributed by atoms with Gasteiger partial charge in [-0.25, -0.2) is 4.79 Å². The lowest BCUT2D eigenvalue weighted by atomic mass is 10.1. The van der Waals surface area contributed by atoms with E-state index in [1.54, 1.807) is 4.90 Å². The maximum atomic E-state index is 11.1. The molecular weight excluding hydrogens is 142 g/mol. The molecule has 1 aliphatic rings. The highest BCUT2D eigenvalue weighted by Crippen LogP contribution is 2.12. The quantitative estimate of drug-likeness (QED) is 0.580. The molecule has 0 atom stereocenters. The molecule has 4 heteroatoms. The van der Waals surface area contributed by atoms with E-state index in [4.69, 9.17) is 5.73 Å². The Bertz CT molecular complexity index is 167. The fraction of sp³-hybridized carbons (Fsp3) is 0.857. The monoisotopic (exact) mass is 157 g/mol. The van der Waals surface area contributed by atoms with E-state index in [0.29, 0.717) is 13.1 Å². The van der Waals surface area contributed by atoms with Crippen LogP contribution in [0.2, 0.25) is 0 Å². The Kier molecular flexibility index (Phi) is 2.04. The minimum atomic E-state index is -0.0910. The Morgan fingerprint density at radius 2 is 2.36 bits per heavy atom. The van der Waals surface area contributed by atoms with Crippen molar-refractivity contribution in [3.05, 3.63) is 0 Å². The van der Waals surface area contributed by atoms with Crippen LogP contribution >= 0.6 is 0 Å². The SMILES string of the molecule is CC1(C)CN(CCN)C(=O)N1. The Labute approximate surface area is 66.7 Å². The first-order valence-corrected chi connectivity index (χ1v) is 3.82. The van der Waals surface area contributed by atoms with E-state index in [0.717, 1.165) is 6.54 Å². The predicted octanol–water partition coefficient (Wildman–Crippen LogP) is -0.251. The van der Waals surface area contributed by atoms with Crippen molar-refractivity contribution in [3.8, 4) is 0 Å². The van der Waals surface area contributed by atoms with Gasteiger partial charge in [0.25, 0.3) is 0 Å². The second-order valence-corrected chi connectivity index (χ2v) is 3.52. The van der Waals surface area contributed by atoms with E-state index in [-0.39, 0.29) is 11.6 Å². The maximum absolute atomic E-state index is 11.1. The zero-order valence-corrected chi connectivity index (χ0v) is 7.05. The van der Waals surface area contributed by atoms with E-state index in [1.807, 2.05) is 13.8 Å². The van der Waals surface area contributed by atoms with Crippen molar-refractivity contribution >= 4 is 6.03 Å². The first-order chi connectivity index (χ1) is 5.05. The van der Waals surface area contributed by atoms with Crippen molar-refractivity contribution in [3.63, 3.8) is 0 Å². The molecule has 0 aliphatic carbocycles. The normalized spacial score (nSPS) is 22.1. The van der Waals surface area contributed by atoms with Gasteiger partial charge < -0.3 is 16.0 Å². The van der Waals surface area contributed by atoms with E-state index in [2.05, 4.69) is 5.32 Å². The Morgan fingerprint density at radius 1 is 1.73 bits per heavy atom. The van der Waals surface area contributed by atoms with E-state index in [9.17, 15) is 4.79 Å². The van der Waals surface area contributed by atoms with Crippen LogP contribution in [0.15, 0.2) is 0 Å². The summed E-state index contributed by atoms with van der Waals surface area (Å²) in [6, 6.07) is 0.000417. The molecule has 1 rings (SSSR count). The summed E-state index contributed by atoms with van der Waals surface area (Å²) < 4.78 is 0. The highest BCUT2D eigenvalue weighted by molar-refractivity contribution is 5.77. The zero-order valence-electron chi connectivity index (χ0n) is 7.05. The Balaban J connectivity index is 2.52. The molecule has 0 radical (unpaired) electrons. The summed E-state index contributed by atoms with van der Waals surface area (Å²) in [6.45, 7) is 5.94. The average molecular weight is 157 g/mol. The standard InChI is InChI=1S/C7H15N3O/c1-7(2)5-10(4-3-8)6(11)9-7/h3-5,8H2,1-2H3,(H,9,11). The number of urea groups is 1. The van der Waals surface area contributed by atoms with Gasteiger partial charge in [0, 0.05) is 19.6 Å². The fourth-order valence-corrected chi connectivity index (χ4v) is 1.29. The third-order valence-corrected chi connectivity index (χ3v) is 1.72. The van der Waals surface area contributed by atoms with E-state index < -0.39 is 0 Å². The number of nitrogens with two attached hydrogens (primary N) is 1. The van der Waals surface area contributed by atoms with Crippen molar-refractivity contribution in [1.29, 1.82) is 0 Å². The molecule has 0 saturated carbocycles. The second kappa shape index (κ2) is 2.70. The number of amides is 2. The summed E-state index contributed by atoms with van der Waals surface area (Å²) in [4.78, 5) is 12.9. The van der Waals surface area contributed by atoms with Gasteiger partial charge >= 0.3 is 6.03 Å². The minimum Gasteiger partial charge on any atom is -0.331 e. The summed E-state index contributed by atoms with van der Waals surface area (Å²) in [5.74, 6) is 0. The smallest absolute Gasteiger partial charge is 0.317 e. The number of hydrogen-bond donors (Lipinski definition) is 2. The first-order valence-electron chi connectivity index (χ1n) is 3.82. The van der Waals surface area contributed by atoms with E-state index in [1.165, 1.54) is 0 Å². The third kappa shape index (κ3) is 1.83. The number of hydrogen-bond acceptors (Lipinski definition) is 2. The van der Waals surface area contributed by atoms with Gasteiger partial charge in [0.1, 0.15) is 0 Å². The molecule has 0 spiro atoms. The number of nitrogens with one attached hydrogen (secondary N) is 1. The van der Waals surface area contributed by atoms with Crippen LogP contribution in [0.4, 0.5) is 4.79 Å². The molecule has 0 aromatic heterocycles. The molecule has 0 aromatic carbocycles. The maximum Gasteiger partial charge on any atom is 0.317 e. The summed E-state index contributed by atoms with van der Waals surface area (Å²) in [6.07, 6.45) is 0. The lowest BCUT2D eigenvalue weighted by Crippen LogP contribution is -2.36. The zero-order chi connectivity index (χ0) is 8.48. The number of rotatable bonds is 2. The summed E-state index contributed by atoms with van der Waals surface area (Å²) in [5.41, 5.74) is 5.25. The van der Waals surface area contributed by atoms with Gasteiger partial charge in [-0.15, -0.1) is 0 Å². The highest BCUT2D eigenvalue weighted by Gasteiger charge is 2.33. The van der Waals surface area contributed by atoms with Crippen LogP contribution in [0.1, 0.15) is 13.8 Å². The van der Waals surface area contributed by atoms with Crippen molar-refractivity contribution in [2.24, 2.45) is 5.73 Å². The molecule has 4 nitrogen and oxygen atoms in total. The third-order valence-electron chi connectivity index (χ3n) is 1.72. The average Bonchev–Trinajstić information content (AvgIpc) is 2.07. The van der Waals surface area contributed by atoms with Gasteiger partial charge in [-0.05, 0) is 13.8 Å². The summed E-state index contributed by atoms with van der Waals surface area (Å²) in [5, 5.41) is 2.86. The van der Waals surface area contributed by atoms with Crippen LogP contribution in [0, 0.1) is 0 Å². The molecule has 0 unspecified atom stereocenters. The topological polar surface area (TPSA) is 58.4 Å². The molecular formula is C7H15N3O. The highest BCUT2D eigenvalue weighted by atomic mass is 16.2. The lowest BCUT2D eigenvalue weighted by molar-refractivity contribution is 0.218. The largest absolute Gasteiger partial charge is 0.331 e. The predicted molar refractivity (Wildman–Crippen MR) is 43.2 cm³/mol. The van der Waals surface area contributed by atoms with Crippen LogP contribution in [0.3, 0.4) is 0 Å². The lowest BCUT2D eigenvalue weighted by Gasteiger charge is -2.16. The van der Waals surface area contributed by atoms with Crippen LogP contribution in [-0.4, -0.2) is 36.1 Å². The van der Waals surface area contributed by atoms with Crippen LogP contribution < -0.4 is 11.1 Å². The molecule has 0 bridgehead atoms. The van der Waals surface area contributed by atoms with Crippen molar-refractivity contribution in [2.75, 3.05) is 19.6 Å². The van der Waals surface area contributed by atoms with Crippen LogP contribution in [0.5, 0.6) is 0 Å². The van der Waals surface area contributed by atoms with E-state index >= 15 is 0 Å². The molecule has 1 aliphatic heterocycles. The van der Waals surface area contributed by atoms with Gasteiger partial charge in [-0.3, -0.25) is 0 Å². The minimum absolute atomic E-state index is 0.000417. The van der Waals surface area contributed by atoms with Crippen LogP contribution in [-0.2, 0) is 0 Å². The van der Waals surface area contributed by atoms with Gasteiger partial charge in [-0.1, -0.05) is 0 Å². The number of nitrogens with zero attached hydrogens (tertiary/aromatic N) is 1. The molecule has 1 heterocycles. The van der Waals surface area contributed by atoms with Gasteiger partial charge in [0.2, 0.25) is 0 Å². The van der Waals surface area contributed by atoms with Gasteiger partial charge in [0.15, 0.2) is 0 Å². The summed E-state index contributed by atoms with van der Waals surface area (Å²) >= 11 is 0.